The summed E-state index contributed by atoms with van der Waals surface area (Å²) in [6, 6.07) is 1.68. The highest BCUT2D eigenvalue weighted by Crippen LogP contribution is 2.38. The lowest BCUT2D eigenvalue weighted by Crippen LogP contribution is -2.17. The second kappa shape index (κ2) is 4.49. The molecular weight excluding hydrogens is 218 g/mol. The van der Waals surface area contributed by atoms with Crippen LogP contribution in [0.5, 0.6) is 5.88 Å². The van der Waals surface area contributed by atoms with Crippen LogP contribution in [0.15, 0.2) is 6.07 Å². The van der Waals surface area contributed by atoms with Crippen LogP contribution in [-0.4, -0.2) is 29.3 Å². The largest absolute Gasteiger partial charge is 0.475 e. The Morgan fingerprint density at radius 3 is 2.94 bits per heavy atom. The van der Waals surface area contributed by atoms with E-state index < -0.39 is 0 Å². The third-order valence-electron chi connectivity index (χ3n) is 3.12. The van der Waals surface area contributed by atoms with Gasteiger partial charge in [0.2, 0.25) is 5.88 Å². The molecule has 17 heavy (non-hydrogen) atoms. The predicted molar refractivity (Wildman–Crippen MR) is 62.9 cm³/mol. The lowest BCUT2D eigenvalue weighted by Gasteiger charge is -2.11. The van der Waals surface area contributed by atoms with Gasteiger partial charge >= 0.3 is 0 Å². The van der Waals surface area contributed by atoms with E-state index in [1.807, 2.05) is 0 Å². The van der Waals surface area contributed by atoms with E-state index in [1.165, 1.54) is 0 Å². The van der Waals surface area contributed by atoms with Crippen molar-refractivity contribution in [2.24, 2.45) is 0 Å². The number of nitrogens with two attached hydrogens (primary N) is 1. The third kappa shape index (κ3) is 2.66. The molecule has 1 aliphatic heterocycles. The quantitative estimate of drug-likeness (QED) is 0.856. The molecule has 2 fully saturated rings. The second-order valence-corrected chi connectivity index (χ2v) is 4.71. The molecule has 1 aromatic heterocycles. The SMILES string of the molecule is Nc1cc(OCC2CCCO2)nc(C2CC2)n1. The van der Waals surface area contributed by atoms with Crippen LogP contribution in [-0.2, 0) is 4.74 Å². The van der Waals surface area contributed by atoms with E-state index in [1.54, 1.807) is 6.07 Å². The van der Waals surface area contributed by atoms with Crippen molar-refractivity contribution < 1.29 is 9.47 Å². The van der Waals surface area contributed by atoms with Gasteiger partial charge in [0.15, 0.2) is 0 Å². The Labute approximate surface area is 100 Å². The highest BCUT2D eigenvalue weighted by atomic mass is 16.5. The van der Waals surface area contributed by atoms with Gasteiger partial charge in [-0.3, -0.25) is 0 Å². The summed E-state index contributed by atoms with van der Waals surface area (Å²) in [5.74, 6) is 2.38. The van der Waals surface area contributed by atoms with Crippen LogP contribution in [0.3, 0.4) is 0 Å². The van der Waals surface area contributed by atoms with Gasteiger partial charge in [0.05, 0.1) is 6.10 Å². The minimum Gasteiger partial charge on any atom is -0.475 e. The van der Waals surface area contributed by atoms with Gasteiger partial charge in [-0.1, -0.05) is 0 Å². The monoisotopic (exact) mass is 235 g/mol. The lowest BCUT2D eigenvalue weighted by molar-refractivity contribution is 0.0662. The molecule has 1 aliphatic carbocycles. The van der Waals surface area contributed by atoms with E-state index >= 15 is 0 Å². The van der Waals surface area contributed by atoms with Crippen LogP contribution >= 0.6 is 0 Å². The molecule has 0 aromatic carbocycles. The minimum atomic E-state index is 0.204. The standard InChI is InChI=1S/C12H17N3O2/c13-10-6-11(15-12(14-10)8-3-4-8)17-7-9-2-1-5-16-9/h6,8-9H,1-5,7H2,(H2,13,14,15). The number of anilines is 1. The Morgan fingerprint density at radius 1 is 1.35 bits per heavy atom. The van der Waals surface area contributed by atoms with E-state index in [0.29, 0.717) is 24.2 Å². The van der Waals surface area contributed by atoms with Gasteiger partial charge in [0.1, 0.15) is 18.2 Å². The Hall–Kier alpha value is -1.36. The van der Waals surface area contributed by atoms with Crippen molar-refractivity contribution in [2.45, 2.75) is 37.7 Å². The molecule has 5 heteroatoms. The molecule has 2 aliphatic rings. The van der Waals surface area contributed by atoms with Gasteiger partial charge in [-0.25, -0.2) is 4.98 Å². The number of aromatic nitrogens is 2. The van der Waals surface area contributed by atoms with Crippen LogP contribution in [0.25, 0.3) is 0 Å². The fraction of sp³-hybridized carbons (Fsp3) is 0.667. The maximum absolute atomic E-state index is 5.75. The van der Waals surface area contributed by atoms with Crippen LogP contribution in [0.2, 0.25) is 0 Å². The van der Waals surface area contributed by atoms with Crippen molar-refractivity contribution in [3.63, 3.8) is 0 Å². The average molecular weight is 235 g/mol. The lowest BCUT2D eigenvalue weighted by atomic mass is 10.2. The molecule has 0 amide bonds. The molecule has 0 spiro atoms. The van der Waals surface area contributed by atoms with Crippen molar-refractivity contribution in [1.82, 2.24) is 9.97 Å². The summed E-state index contributed by atoms with van der Waals surface area (Å²) in [6.45, 7) is 1.40. The molecule has 5 nitrogen and oxygen atoms in total. The van der Waals surface area contributed by atoms with Crippen LogP contribution in [0.1, 0.15) is 37.4 Å². The number of hydrogen-bond acceptors (Lipinski definition) is 5. The first-order chi connectivity index (χ1) is 8.31. The normalized spacial score (nSPS) is 23.9. The fourth-order valence-corrected chi connectivity index (χ4v) is 2.01. The number of nitrogens with zero attached hydrogens (tertiary/aromatic N) is 2. The first kappa shape index (κ1) is 10.8. The topological polar surface area (TPSA) is 70.3 Å². The number of rotatable bonds is 4. The molecule has 1 unspecified atom stereocenters. The van der Waals surface area contributed by atoms with Crippen LogP contribution in [0, 0.1) is 0 Å². The van der Waals surface area contributed by atoms with E-state index in [4.69, 9.17) is 15.2 Å². The second-order valence-electron chi connectivity index (χ2n) is 4.71. The summed E-state index contributed by atoms with van der Waals surface area (Å²) < 4.78 is 11.1. The van der Waals surface area contributed by atoms with Gasteiger partial charge in [-0.05, 0) is 25.7 Å². The molecule has 2 N–H and O–H groups in total. The third-order valence-corrected chi connectivity index (χ3v) is 3.12. The molecular formula is C12H17N3O2. The molecule has 1 aromatic rings. The minimum absolute atomic E-state index is 0.204. The Bertz CT molecular complexity index is 401. The van der Waals surface area contributed by atoms with Crippen molar-refractivity contribution in [3.05, 3.63) is 11.9 Å². The maximum Gasteiger partial charge on any atom is 0.218 e. The molecule has 1 saturated carbocycles. The average Bonchev–Trinajstić information content (AvgIpc) is 3.04. The summed E-state index contributed by atoms with van der Waals surface area (Å²) >= 11 is 0. The van der Waals surface area contributed by atoms with Gasteiger partial charge in [-0.2, -0.15) is 4.98 Å². The molecule has 0 radical (unpaired) electrons. The first-order valence-corrected chi connectivity index (χ1v) is 6.20. The zero-order chi connectivity index (χ0) is 11.7. The zero-order valence-electron chi connectivity index (χ0n) is 9.76. The Kier molecular flexibility index (Phi) is 2.84. The summed E-state index contributed by atoms with van der Waals surface area (Å²) in [6.07, 6.45) is 4.71. The number of ether oxygens (including phenoxy) is 2. The predicted octanol–water partition coefficient (Wildman–Crippen LogP) is 1.49. The first-order valence-electron chi connectivity index (χ1n) is 6.20. The molecule has 1 atom stereocenters. The smallest absolute Gasteiger partial charge is 0.218 e. The van der Waals surface area contributed by atoms with Crippen molar-refractivity contribution in [3.8, 4) is 5.88 Å². The summed E-state index contributed by atoms with van der Waals surface area (Å²) in [7, 11) is 0. The van der Waals surface area contributed by atoms with E-state index in [9.17, 15) is 0 Å². The maximum atomic E-state index is 5.75. The number of hydrogen-bond donors (Lipinski definition) is 1. The molecule has 0 bridgehead atoms. The van der Waals surface area contributed by atoms with Crippen LogP contribution in [0.4, 0.5) is 5.82 Å². The van der Waals surface area contributed by atoms with Gasteiger partial charge in [-0.15, -0.1) is 0 Å². The summed E-state index contributed by atoms with van der Waals surface area (Å²) in [5, 5.41) is 0. The van der Waals surface area contributed by atoms with Crippen molar-refractivity contribution in [1.29, 1.82) is 0 Å². The van der Waals surface area contributed by atoms with E-state index in [2.05, 4.69) is 9.97 Å². The van der Waals surface area contributed by atoms with Gasteiger partial charge in [0.25, 0.3) is 0 Å². The highest BCUT2D eigenvalue weighted by molar-refractivity contribution is 5.34. The summed E-state index contributed by atoms with van der Waals surface area (Å²) in [5.41, 5.74) is 5.75. The highest BCUT2D eigenvalue weighted by Gasteiger charge is 2.27. The molecule has 92 valence electrons. The Morgan fingerprint density at radius 2 is 2.24 bits per heavy atom. The molecule has 1 saturated heterocycles. The van der Waals surface area contributed by atoms with Crippen molar-refractivity contribution >= 4 is 5.82 Å². The van der Waals surface area contributed by atoms with Gasteiger partial charge in [0, 0.05) is 18.6 Å². The van der Waals surface area contributed by atoms with Gasteiger partial charge < -0.3 is 15.2 Å². The summed E-state index contributed by atoms with van der Waals surface area (Å²) in [4.78, 5) is 8.62. The van der Waals surface area contributed by atoms with Crippen LogP contribution < -0.4 is 10.5 Å². The molecule has 2 heterocycles. The number of nitrogen functional groups attached to an aromatic ring is 1. The molecule has 3 rings (SSSR count). The van der Waals surface area contributed by atoms with E-state index in [-0.39, 0.29) is 6.10 Å². The van der Waals surface area contributed by atoms with Crippen molar-refractivity contribution in [2.75, 3.05) is 18.9 Å². The Balaban J connectivity index is 1.64. The van der Waals surface area contributed by atoms with E-state index in [0.717, 1.165) is 38.1 Å². The zero-order valence-corrected chi connectivity index (χ0v) is 9.76. The fourth-order valence-electron chi connectivity index (χ4n) is 2.01.